The molecule has 122 valence electrons. The first-order chi connectivity index (χ1) is 10.9. The minimum absolute atomic E-state index is 0.344. The van der Waals surface area contributed by atoms with Crippen molar-refractivity contribution in [2.24, 2.45) is 0 Å². The van der Waals surface area contributed by atoms with Gasteiger partial charge in [0.15, 0.2) is 0 Å². The van der Waals surface area contributed by atoms with E-state index in [9.17, 15) is 0 Å². The Kier molecular flexibility index (Phi) is 6.08. The molecular formula is C19H23NOS2. The maximum atomic E-state index is 6.04. The van der Waals surface area contributed by atoms with E-state index in [2.05, 4.69) is 57.8 Å². The third kappa shape index (κ3) is 4.72. The van der Waals surface area contributed by atoms with E-state index in [0.717, 1.165) is 17.2 Å². The minimum Gasteiger partial charge on any atom is -0.457 e. The highest BCUT2D eigenvalue weighted by Gasteiger charge is 2.17. The van der Waals surface area contributed by atoms with Crippen molar-refractivity contribution in [1.29, 1.82) is 0 Å². The van der Waals surface area contributed by atoms with E-state index in [1.807, 2.05) is 30.3 Å². The lowest BCUT2D eigenvalue weighted by Gasteiger charge is -2.22. The lowest BCUT2D eigenvalue weighted by molar-refractivity contribution is 0.480. The Balaban J connectivity index is 2.51. The molecule has 4 heteroatoms. The summed E-state index contributed by atoms with van der Waals surface area (Å²) < 4.78 is 6.52. The molecule has 0 aromatic heterocycles. The van der Waals surface area contributed by atoms with Crippen molar-refractivity contribution in [3.8, 4) is 11.5 Å². The molecule has 1 N–H and O–H groups in total. The number of para-hydroxylation sites is 1. The van der Waals surface area contributed by atoms with Crippen LogP contribution < -0.4 is 10.1 Å². The third-order valence-electron chi connectivity index (χ3n) is 3.63. The Morgan fingerprint density at radius 1 is 0.957 bits per heavy atom. The van der Waals surface area contributed by atoms with Crippen LogP contribution in [0.1, 0.15) is 50.7 Å². The molecule has 0 saturated heterocycles. The predicted molar refractivity (Wildman–Crippen MR) is 106 cm³/mol. The molecule has 0 radical (unpaired) electrons. The second kappa shape index (κ2) is 7.84. The van der Waals surface area contributed by atoms with Gasteiger partial charge >= 0.3 is 0 Å². The van der Waals surface area contributed by atoms with E-state index in [1.165, 1.54) is 11.1 Å². The van der Waals surface area contributed by atoms with Crippen molar-refractivity contribution in [2.75, 3.05) is 5.32 Å². The van der Waals surface area contributed by atoms with Gasteiger partial charge in [-0.05, 0) is 47.2 Å². The SMILES string of the molecule is CC(C)c1cc(Oc2ccccc2)cc(C(C)C)c1NC(=S)S. The van der Waals surface area contributed by atoms with Gasteiger partial charge in [0.2, 0.25) is 0 Å². The Morgan fingerprint density at radius 2 is 1.48 bits per heavy atom. The Bertz CT molecular complexity index is 652. The van der Waals surface area contributed by atoms with Gasteiger partial charge in [0.05, 0.1) is 0 Å². The number of hydrogen-bond donors (Lipinski definition) is 2. The number of rotatable bonds is 5. The molecule has 0 amide bonds. The monoisotopic (exact) mass is 345 g/mol. The highest BCUT2D eigenvalue weighted by atomic mass is 32.1. The average Bonchev–Trinajstić information content (AvgIpc) is 2.48. The summed E-state index contributed by atoms with van der Waals surface area (Å²) in [7, 11) is 0. The zero-order chi connectivity index (χ0) is 17.0. The van der Waals surface area contributed by atoms with Crippen LogP contribution in [0.4, 0.5) is 5.69 Å². The van der Waals surface area contributed by atoms with Gasteiger partial charge in [-0.1, -0.05) is 58.1 Å². The van der Waals surface area contributed by atoms with Gasteiger partial charge in [-0.25, -0.2) is 0 Å². The molecule has 0 unspecified atom stereocenters. The molecule has 0 fully saturated rings. The van der Waals surface area contributed by atoms with E-state index in [-0.39, 0.29) is 0 Å². The van der Waals surface area contributed by atoms with Crippen molar-refractivity contribution in [2.45, 2.75) is 39.5 Å². The van der Waals surface area contributed by atoms with Gasteiger partial charge in [0, 0.05) is 5.69 Å². The number of nitrogens with one attached hydrogen (secondary N) is 1. The van der Waals surface area contributed by atoms with Crippen molar-refractivity contribution in [3.63, 3.8) is 0 Å². The van der Waals surface area contributed by atoms with Gasteiger partial charge in [0.1, 0.15) is 15.8 Å². The van der Waals surface area contributed by atoms with Crippen molar-refractivity contribution in [1.82, 2.24) is 0 Å². The first-order valence-corrected chi connectivity index (χ1v) is 8.64. The molecule has 0 saturated carbocycles. The fourth-order valence-corrected chi connectivity index (χ4v) is 2.72. The van der Waals surface area contributed by atoms with Crippen LogP contribution in [-0.2, 0) is 0 Å². The zero-order valence-electron chi connectivity index (χ0n) is 14.0. The lowest BCUT2D eigenvalue weighted by atomic mass is 9.92. The van der Waals surface area contributed by atoms with E-state index < -0.39 is 0 Å². The number of anilines is 1. The fourth-order valence-electron chi connectivity index (χ4n) is 2.50. The summed E-state index contributed by atoms with van der Waals surface area (Å²) in [6.07, 6.45) is 0. The molecule has 0 aliphatic carbocycles. The third-order valence-corrected chi connectivity index (χ3v) is 3.84. The molecule has 23 heavy (non-hydrogen) atoms. The number of thiol groups is 1. The summed E-state index contributed by atoms with van der Waals surface area (Å²) in [5.41, 5.74) is 3.41. The molecule has 2 rings (SSSR count). The normalized spacial score (nSPS) is 10.9. The van der Waals surface area contributed by atoms with Gasteiger partial charge in [-0.3, -0.25) is 0 Å². The number of hydrogen-bond acceptors (Lipinski definition) is 2. The lowest BCUT2D eigenvalue weighted by Crippen LogP contribution is -2.09. The second-order valence-corrected chi connectivity index (χ2v) is 7.29. The maximum absolute atomic E-state index is 6.04. The number of ether oxygens (including phenoxy) is 1. The quantitative estimate of drug-likeness (QED) is 0.487. The van der Waals surface area contributed by atoms with Crippen LogP contribution in [0.5, 0.6) is 11.5 Å². The predicted octanol–water partition coefficient (Wildman–Crippen LogP) is 6.35. The van der Waals surface area contributed by atoms with Crippen LogP contribution in [-0.4, -0.2) is 4.32 Å². The fraction of sp³-hybridized carbons (Fsp3) is 0.316. The molecule has 0 aliphatic rings. The minimum atomic E-state index is 0.344. The van der Waals surface area contributed by atoms with Gasteiger partial charge in [-0.15, -0.1) is 12.6 Å². The molecule has 0 bridgehead atoms. The molecule has 2 aromatic rings. The summed E-state index contributed by atoms with van der Waals surface area (Å²) in [5.74, 6) is 2.37. The maximum Gasteiger partial charge on any atom is 0.135 e. The molecule has 0 aliphatic heterocycles. The van der Waals surface area contributed by atoms with Crippen LogP contribution in [0.3, 0.4) is 0 Å². The van der Waals surface area contributed by atoms with Crippen LogP contribution >= 0.6 is 24.8 Å². The Labute approximate surface area is 149 Å². The molecular weight excluding hydrogens is 322 g/mol. The topological polar surface area (TPSA) is 21.3 Å². The average molecular weight is 346 g/mol. The summed E-state index contributed by atoms with van der Waals surface area (Å²) in [4.78, 5) is 0. The standard InChI is InChI=1S/C19H23NOS2/c1-12(2)16-10-15(21-14-8-6-5-7-9-14)11-17(13(3)4)18(16)20-19(22)23/h5-13H,1-4H3,(H2,20,22,23). The summed E-state index contributed by atoms with van der Waals surface area (Å²) in [5, 5.41) is 3.24. The number of benzene rings is 2. The van der Waals surface area contributed by atoms with E-state index >= 15 is 0 Å². The smallest absolute Gasteiger partial charge is 0.135 e. The number of thiocarbonyl (C=S) groups is 1. The first-order valence-electron chi connectivity index (χ1n) is 7.79. The largest absolute Gasteiger partial charge is 0.457 e. The van der Waals surface area contributed by atoms with Gasteiger partial charge in [0.25, 0.3) is 0 Å². The second-order valence-electron chi connectivity index (χ2n) is 6.13. The van der Waals surface area contributed by atoms with Crippen LogP contribution in [0.15, 0.2) is 42.5 Å². The summed E-state index contributed by atoms with van der Waals surface area (Å²) in [6.45, 7) is 8.66. The van der Waals surface area contributed by atoms with E-state index in [1.54, 1.807) is 0 Å². The Morgan fingerprint density at radius 3 is 1.91 bits per heavy atom. The molecule has 0 spiro atoms. The molecule has 0 atom stereocenters. The van der Waals surface area contributed by atoms with Crippen LogP contribution in [0, 0.1) is 0 Å². The zero-order valence-corrected chi connectivity index (χ0v) is 15.7. The molecule has 0 heterocycles. The van der Waals surface area contributed by atoms with Gasteiger partial charge in [-0.2, -0.15) is 0 Å². The van der Waals surface area contributed by atoms with Crippen molar-refractivity contribution in [3.05, 3.63) is 53.6 Å². The Hall–Kier alpha value is -1.52. The van der Waals surface area contributed by atoms with Crippen molar-refractivity contribution < 1.29 is 4.74 Å². The summed E-state index contributed by atoms with van der Waals surface area (Å²) in [6, 6.07) is 14.0. The molecule has 2 nitrogen and oxygen atoms in total. The van der Waals surface area contributed by atoms with E-state index in [4.69, 9.17) is 17.0 Å². The highest BCUT2D eigenvalue weighted by Crippen LogP contribution is 2.38. The van der Waals surface area contributed by atoms with Gasteiger partial charge < -0.3 is 10.1 Å². The molecule has 2 aromatic carbocycles. The van der Waals surface area contributed by atoms with Crippen LogP contribution in [0.25, 0.3) is 0 Å². The first kappa shape index (κ1) is 17.8. The highest BCUT2D eigenvalue weighted by molar-refractivity contribution is 8.11. The van der Waals surface area contributed by atoms with Crippen LogP contribution in [0.2, 0.25) is 0 Å². The summed E-state index contributed by atoms with van der Waals surface area (Å²) >= 11 is 9.37. The van der Waals surface area contributed by atoms with Crippen molar-refractivity contribution >= 4 is 34.9 Å². The van der Waals surface area contributed by atoms with E-state index in [0.29, 0.717) is 16.2 Å².